The maximum absolute atomic E-state index is 6.26. The minimum atomic E-state index is 0.331. The summed E-state index contributed by atoms with van der Waals surface area (Å²) in [6, 6.07) is 25.6. The molecule has 2 N–H and O–H groups in total. The smallest absolute Gasteiger partial charge is 0.162 e. The van der Waals surface area contributed by atoms with Crippen molar-refractivity contribution in [3.05, 3.63) is 96.3 Å². The Kier molecular flexibility index (Phi) is 5.38. The molecule has 0 bridgehead atoms. The molecule has 5 nitrogen and oxygen atoms in total. The van der Waals surface area contributed by atoms with Crippen LogP contribution < -0.4 is 5.73 Å². The summed E-state index contributed by atoms with van der Waals surface area (Å²) in [5.74, 6) is 1.52. The largest absolute Gasteiger partial charge is 0.382 e. The standard InChI is InChI=1S/C24H21N5/c1-2-19-21(17-11-5-3-6-12-17)27-23(18-13-7-4-8-14-18)29-24(19)28-22(25)20-15-9-10-16-26-20/h3-16H,2H2,1H3,(H2,25,27,28,29). The lowest BCUT2D eigenvalue weighted by atomic mass is 10.0. The van der Waals surface area contributed by atoms with Crippen LogP contribution in [0.1, 0.15) is 18.2 Å². The molecule has 0 amide bonds. The van der Waals surface area contributed by atoms with E-state index in [1.807, 2.05) is 78.9 Å². The predicted octanol–water partition coefficient (Wildman–Crippen LogP) is 4.81. The number of amidine groups is 1. The number of benzene rings is 2. The quantitative estimate of drug-likeness (QED) is 0.399. The van der Waals surface area contributed by atoms with Crippen molar-refractivity contribution in [3.63, 3.8) is 0 Å². The number of aromatic nitrogens is 3. The Hall–Kier alpha value is -3.86. The Morgan fingerprint density at radius 1 is 0.828 bits per heavy atom. The van der Waals surface area contributed by atoms with E-state index in [0.717, 1.165) is 28.8 Å². The van der Waals surface area contributed by atoms with E-state index in [4.69, 9.17) is 15.7 Å². The van der Waals surface area contributed by atoms with Gasteiger partial charge in [-0.05, 0) is 18.6 Å². The van der Waals surface area contributed by atoms with E-state index in [1.165, 1.54) is 0 Å². The topological polar surface area (TPSA) is 77.0 Å². The molecule has 0 radical (unpaired) electrons. The first-order chi connectivity index (χ1) is 14.3. The van der Waals surface area contributed by atoms with E-state index in [-0.39, 0.29) is 0 Å². The van der Waals surface area contributed by atoms with Crippen LogP contribution in [0.5, 0.6) is 0 Å². The first-order valence-corrected chi connectivity index (χ1v) is 9.53. The molecule has 2 aromatic carbocycles. The van der Waals surface area contributed by atoms with Gasteiger partial charge in [-0.15, -0.1) is 0 Å². The molecular formula is C24H21N5. The summed E-state index contributed by atoms with van der Waals surface area (Å²) >= 11 is 0. The first-order valence-electron chi connectivity index (χ1n) is 9.53. The van der Waals surface area contributed by atoms with Crippen LogP contribution in [0.25, 0.3) is 22.6 Å². The molecule has 0 unspecified atom stereocenters. The second-order valence-corrected chi connectivity index (χ2v) is 6.50. The Balaban J connectivity index is 1.94. The second kappa shape index (κ2) is 8.44. The van der Waals surface area contributed by atoms with Crippen LogP contribution in [0, 0.1) is 0 Å². The molecule has 0 aliphatic rings. The first kappa shape index (κ1) is 18.5. The van der Waals surface area contributed by atoms with Gasteiger partial charge in [-0.2, -0.15) is 0 Å². The number of aliphatic imine (C=N–C) groups is 1. The lowest BCUT2D eigenvalue weighted by molar-refractivity contribution is 1.05. The van der Waals surface area contributed by atoms with Crippen LogP contribution >= 0.6 is 0 Å². The Labute approximate surface area is 170 Å². The molecule has 0 saturated carbocycles. The summed E-state index contributed by atoms with van der Waals surface area (Å²) < 4.78 is 0. The van der Waals surface area contributed by atoms with Crippen molar-refractivity contribution in [2.75, 3.05) is 0 Å². The summed E-state index contributed by atoms with van der Waals surface area (Å²) in [5, 5.41) is 0. The van der Waals surface area contributed by atoms with Gasteiger partial charge < -0.3 is 5.73 Å². The van der Waals surface area contributed by atoms with Crippen molar-refractivity contribution in [2.45, 2.75) is 13.3 Å². The fourth-order valence-electron chi connectivity index (χ4n) is 3.13. The maximum atomic E-state index is 6.26. The van der Waals surface area contributed by atoms with Crippen LogP contribution in [-0.2, 0) is 6.42 Å². The van der Waals surface area contributed by atoms with Crippen molar-refractivity contribution < 1.29 is 0 Å². The zero-order valence-corrected chi connectivity index (χ0v) is 16.2. The number of rotatable bonds is 5. The molecule has 0 fully saturated rings. The van der Waals surface area contributed by atoms with E-state index in [9.17, 15) is 0 Å². The summed E-state index contributed by atoms with van der Waals surface area (Å²) in [6.07, 6.45) is 2.43. The third kappa shape index (κ3) is 4.04. The average molecular weight is 379 g/mol. The lowest BCUT2D eigenvalue weighted by Gasteiger charge is -2.13. The normalized spacial score (nSPS) is 11.4. The van der Waals surface area contributed by atoms with Gasteiger partial charge in [0.05, 0.1) is 5.69 Å². The van der Waals surface area contributed by atoms with Crippen LogP contribution in [0.2, 0.25) is 0 Å². The van der Waals surface area contributed by atoms with E-state index in [1.54, 1.807) is 6.20 Å². The Bertz CT molecular complexity index is 1120. The highest BCUT2D eigenvalue weighted by molar-refractivity contribution is 5.97. The molecular weight excluding hydrogens is 358 g/mol. The zero-order chi connectivity index (χ0) is 20.1. The molecule has 4 aromatic rings. The van der Waals surface area contributed by atoms with Crippen molar-refractivity contribution in [2.24, 2.45) is 10.7 Å². The van der Waals surface area contributed by atoms with Gasteiger partial charge >= 0.3 is 0 Å². The van der Waals surface area contributed by atoms with E-state index in [2.05, 4.69) is 16.9 Å². The van der Waals surface area contributed by atoms with E-state index >= 15 is 0 Å². The third-order valence-corrected chi connectivity index (χ3v) is 4.57. The van der Waals surface area contributed by atoms with Gasteiger partial charge in [0.1, 0.15) is 5.69 Å². The minimum absolute atomic E-state index is 0.331. The number of hydrogen-bond acceptors (Lipinski definition) is 4. The molecule has 2 aromatic heterocycles. The van der Waals surface area contributed by atoms with Crippen LogP contribution in [-0.4, -0.2) is 20.8 Å². The summed E-state index contributed by atoms with van der Waals surface area (Å²) in [7, 11) is 0. The number of pyridine rings is 1. The van der Waals surface area contributed by atoms with Gasteiger partial charge in [0.15, 0.2) is 17.5 Å². The Morgan fingerprint density at radius 2 is 1.48 bits per heavy atom. The molecule has 0 spiro atoms. The summed E-state index contributed by atoms with van der Waals surface area (Å²) in [6.45, 7) is 2.07. The fourth-order valence-corrected chi connectivity index (χ4v) is 3.13. The fraction of sp³-hybridized carbons (Fsp3) is 0.0833. The number of nitrogens with two attached hydrogens (primary N) is 1. The van der Waals surface area contributed by atoms with Gasteiger partial charge in [0.25, 0.3) is 0 Å². The highest BCUT2D eigenvalue weighted by atomic mass is 15.0. The van der Waals surface area contributed by atoms with Gasteiger partial charge in [-0.1, -0.05) is 73.7 Å². The van der Waals surface area contributed by atoms with E-state index in [0.29, 0.717) is 23.2 Å². The van der Waals surface area contributed by atoms with Crippen LogP contribution in [0.15, 0.2) is 90.1 Å². The predicted molar refractivity (Wildman–Crippen MR) is 117 cm³/mol. The summed E-state index contributed by atoms with van der Waals surface area (Å²) in [5.41, 5.74) is 10.7. The van der Waals surface area contributed by atoms with Crippen LogP contribution in [0.3, 0.4) is 0 Å². The van der Waals surface area contributed by atoms with E-state index < -0.39 is 0 Å². The van der Waals surface area contributed by atoms with Gasteiger partial charge in [-0.25, -0.2) is 15.0 Å². The maximum Gasteiger partial charge on any atom is 0.162 e. The van der Waals surface area contributed by atoms with Crippen molar-refractivity contribution in [1.29, 1.82) is 0 Å². The molecule has 0 aliphatic carbocycles. The molecule has 29 heavy (non-hydrogen) atoms. The molecule has 4 rings (SSSR count). The van der Waals surface area contributed by atoms with Crippen LogP contribution in [0.4, 0.5) is 5.82 Å². The van der Waals surface area contributed by atoms with Gasteiger partial charge in [0, 0.05) is 22.9 Å². The SMILES string of the molecule is CCc1c(N=C(N)c2ccccn2)nc(-c2ccccc2)nc1-c1ccccc1. The monoisotopic (exact) mass is 379 g/mol. The highest BCUT2D eigenvalue weighted by Crippen LogP contribution is 2.31. The van der Waals surface area contributed by atoms with Crippen molar-refractivity contribution in [3.8, 4) is 22.6 Å². The minimum Gasteiger partial charge on any atom is -0.382 e. The average Bonchev–Trinajstić information content (AvgIpc) is 2.80. The van der Waals surface area contributed by atoms with Gasteiger partial charge in [-0.3, -0.25) is 4.98 Å². The summed E-state index contributed by atoms with van der Waals surface area (Å²) in [4.78, 5) is 18.6. The second-order valence-electron chi connectivity index (χ2n) is 6.50. The molecule has 0 atom stereocenters. The number of hydrogen-bond donors (Lipinski definition) is 1. The highest BCUT2D eigenvalue weighted by Gasteiger charge is 2.16. The lowest BCUT2D eigenvalue weighted by Crippen LogP contribution is -2.15. The third-order valence-electron chi connectivity index (χ3n) is 4.57. The molecule has 0 aliphatic heterocycles. The zero-order valence-electron chi connectivity index (χ0n) is 16.2. The molecule has 142 valence electrons. The molecule has 2 heterocycles. The molecule has 5 heteroatoms. The van der Waals surface area contributed by atoms with Crippen molar-refractivity contribution >= 4 is 11.7 Å². The molecule has 0 saturated heterocycles. The van der Waals surface area contributed by atoms with Crippen molar-refractivity contribution in [1.82, 2.24) is 15.0 Å². The Morgan fingerprint density at radius 3 is 2.10 bits per heavy atom. The number of nitrogens with zero attached hydrogens (tertiary/aromatic N) is 4. The van der Waals surface area contributed by atoms with Gasteiger partial charge in [0.2, 0.25) is 0 Å².